The lowest BCUT2D eigenvalue weighted by Gasteiger charge is -2.16. The Morgan fingerprint density at radius 3 is 2.50 bits per heavy atom. The average molecular weight is 472 g/mol. The summed E-state index contributed by atoms with van der Waals surface area (Å²) in [5, 5.41) is 9.52. The molecule has 0 radical (unpaired) electrons. The van der Waals surface area contributed by atoms with Crippen LogP contribution in [0.15, 0.2) is 35.7 Å². The SMILES string of the molecule is Cc1cc(C(=O)CSc2nnc(-c3ccncc3)n2C2CC2)c(C)n1[C@@H]1CCS(=O)(=O)C1. The number of carbonyl (C=O) groups is 1. The minimum atomic E-state index is -2.99. The van der Waals surface area contributed by atoms with E-state index in [-0.39, 0.29) is 29.1 Å². The van der Waals surface area contributed by atoms with Gasteiger partial charge in [-0.2, -0.15) is 0 Å². The fraction of sp³-hybridized carbons (Fsp3) is 0.455. The summed E-state index contributed by atoms with van der Waals surface area (Å²) in [5.41, 5.74) is 3.40. The second kappa shape index (κ2) is 8.15. The van der Waals surface area contributed by atoms with Crippen molar-refractivity contribution in [2.24, 2.45) is 0 Å². The zero-order valence-corrected chi connectivity index (χ0v) is 19.7. The smallest absolute Gasteiger partial charge is 0.192 e. The van der Waals surface area contributed by atoms with Crippen molar-refractivity contribution < 1.29 is 13.2 Å². The minimum absolute atomic E-state index is 0.0195. The number of thioether (sulfide) groups is 1. The lowest BCUT2D eigenvalue weighted by atomic mass is 10.2. The van der Waals surface area contributed by atoms with Gasteiger partial charge in [0.1, 0.15) is 0 Å². The van der Waals surface area contributed by atoms with Crippen LogP contribution >= 0.6 is 11.8 Å². The Morgan fingerprint density at radius 1 is 1.09 bits per heavy atom. The van der Waals surface area contributed by atoms with Gasteiger partial charge in [-0.15, -0.1) is 10.2 Å². The van der Waals surface area contributed by atoms with Crippen molar-refractivity contribution in [1.82, 2.24) is 24.3 Å². The first-order valence-electron chi connectivity index (χ1n) is 10.7. The van der Waals surface area contributed by atoms with Gasteiger partial charge in [0.05, 0.1) is 17.3 Å². The van der Waals surface area contributed by atoms with Crippen LogP contribution in [0.2, 0.25) is 0 Å². The lowest BCUT2D eigenvalue weighted by Crippen LogP contribution is -2.14. The highest BCUT2D eigenvalue weighted by atomic mass is 32.2. The molecule has 2 aliphatic rings. The third-order valence-electron chi connectivity index (χ3n) is 6.21. The van der Waals surface area contributed by atoms with E-state index in [0.29, 0.717) is 18.0 Å². The van der Waals surface area contributed by atoms with Gasteiger partial charge in [0.2, 0.25) is 0 Å². The van der Waals surface area contributed by atoms with Crippen molar-refractivity contribution >= 4 is 27.4 Å². The average Bonchev–Trinajstić information content (AvgIpc) is 3.31. The van der Waals surface area contributed by atoms with Crippen molar-refractivity contribution in [3.05, 3.63) is 47.5 Å². The molecule has 0 amide bonds. The van der Waals surface area contributed by atoms with E-state index in [1.807, 2.05) is 36.6 Å². The minimum Gasteiger partial charge on any atom is -0.344 e. The molecule has 10 heteroatoms. The van der Waals surface area contributed by atoms with E-state index in [1.165, 1.54) is 11.8 Å². The van der Waals surface area contributed by atoms with Crippen LogP contribution in [0.5, 0.6) is 0 Å². The fourth-order valence-corrected chi connectivity index (χ4v) is 7.13. The molecule has 5 rings (SSSR count). The number of sulfone groups is 1. The van der Waals surface area contributed by atoms with Crippen molar-refractivity contribution in [1.29, 1.82) is 0 Å². The topological polar surface area (TPSA) is 99.7 Å². The number of hydrogen-bond acceptors (Lipinski definition) is 7. The van der Waals surface area contributed by atoms with Gasteiger partial charge < -0.3 is 4.57 Å². The molecule has 3 aromatic rings. The number of ketones is 1. The van der Waals surface area contributed by atoms with E-state index in [0.717, 1.165) is 40.8 Å². The second-order valence-corrected chi connectivity index (χ2v) is 11.7. The van der Waals surface area contributed by atoms with E-state index in [1.54, 1.807) is 12.4 Å². The van der Waals surface area contributed by atoms with E-state index in [4.69, 9.17) is 0 Å². The van der Waals surface area contributed by atoms with Gasteiger partial charge >= 0.3 is 0 Å². The third-order valence-corrected chi connectivity index (χ3v) is 8.90. The molecular weight excluding hydrogens is 446 g/mol. The molecule has 0 unspecified atom stereocenters. The summed E-state index contributed by atoms with van der Waals surface area (Å²) in [6, 6.07) is 6.01. The predicted octanol–water partition coefficient (Wildman–Crippen LogP) is 3.43. The molecule has 32 heavy (non-hydrogen) atoms. The highest BCUT2D eigenvalue weighted by Crippen LogP contribution is 2.41. The van der Waals surface area contributed by atoms with E-state index in [9.17, 15) is 13.2 Å². The van der Waals surface area contributed by atoms with Gasteiger partial charge in [-0.1, -0.05) is 11.8 Å². The largest absolute Gasteiger partial charge is 0.344 e. The van der Waals surface area contributed by atoms with Crippen LogP contribution < -0.4 is 0 Å². The number of Topliss-reactive ketones (excluding diaryl/α,β-unsaturated/α-hetero) is 1. The number of hydrogen-bond donors (Lipinski definition) is 0. The molecule has 0 aromatic carbocycles. The van der Waals surface area contributed by atoms with Gasteiger partial charge in [-0.05, 0) is 51.3 Å². The molecule has 4 heterocycles. The molecule has 2 fully saturated rings. The molecule has 168 valence electrons. The van der Waals surface area contributed by atoms with Crippen LogP contribution in [0.25, 0.3) is 11.4 Å². The van der Waals surface area contributed by atoms with Gasteiger partial charge in [-0.3, -0.25) is 14.3 Å². The molecule has 1 aliphatic carbocycles. The van der Waals surface area contributed by atoms with Gasteiger partial charge in [0.15, 0.2) is 26.6 Å². The van der Waals surface area contributed by atoms with E-state index < -0.39 is 9.84 Å². The second-order valence-electron chi connectivity index (χ2n) is 8.57. The number of carbonyl (C=O) groups excluding carboxylic acids is 1. The van der Waals surface area contributed by atoms with E-state index >= 15 is 0 Å². The first-order valence-corrected chi connectivity index (χ1v) is 13.5. The Labute approximate surface area is 191 Å². The first kappa shape index (κ1) is 21.4. The molecular formula is C22H25N5O3S2. The van der Waals surface area contributed by atoms with Crippen molar-refractivity contribution in [2.75, 3.05) is 17.3 Å². The Hall–Kier alpha value is -2.46. The third kappa shape index (κ3) is 4.01. The van der Waals surface area contributed by atoms with Crippen LogP contribution in [0.3, 0.4) is 0 Å². The highest BCUT2D eigenvalue weighted by Gasteiger charge is 2.33. The fourth-order valence-electron chi connectivity index (χ4n) is 4.54. The van der Waals surface area contributed by atoms with Crippen molar-refractivity contribution in [2.45, 2.75) is 50.4 Å². The molecule has 0 bridgehead atoms. The number of rotatable bonds is 7. The summed E-state index contributed by atoms with van der Waals surface area (Å²) in [5.74, 6) is 1.45. The molecule has 1 saturated heterocycles. The van der Waals surface area contributed by atoms with Crippen molar-refractivity contribution in [3.63, 3.8) is 0 Å². The Kier molecular flexibility index (Phi) is 5.45. The number of nitrogens with zero attached hydrogens (tertiary/aromatic N) is 5. The number of pyridine rings is 1. The summed E-state index contributed by atoms with van der Waals surface area (Å²) in [6.07, 6.45) is 6.25. The van der Waals surface area contributed by atoms with Gasteiger partial charge in [0.25, 0.3) is 0 Å². The quantitative estimate of drug-likeness (QED) is 0.384. The molecule has 0 N–H and O–H groups in total. The molecule has 0 spiro atoms. The summed E-state index contributed by atoms with van der Waals surface area (Å²) in [6.45, 7) is 3.84. The van der Waals surface area contributed by atoms with Crippen LogP contribution in [-0.2, 0) is 9.84 Å². The molecule has 1 saturated carbocycles. The number of aromatic nitrogens is 5. The maximum Gasteiger partial charge on any atom is 0.192 e. The van der Waals surface area contributed by atoms with Crippen molar-refractivity contribution in [3.8, 4) is 11.4 Å². The lowest BCUT2D eigenvalue weighted by molar-refractivity contribution is 0.102. The first-order chi connectivity index (χ1) is 15.3. The van der Waals surface area contributed by atoms with Gasteiger partial charge in [-0.25, -0.2) is 8.42 Å². The number of aryl methyl sites for hydroxylation is 1. The van der Waals surface area contributed by atoms with Crippen LogP contribution in [0.1, 0.15) is 53.1 Å². The summed E-state index contributed by atoms with van der Waals surface area (Å²) < 4.78 is 28.0. The Bertz CT molecular complexity index is 1280. The predicted molar refractivity (Wildman–Crippen MR) is 123 cm³/mol. The zero-order chi connectivity index (χ0) is 22.5. The van der Waals surface area contributed by atoms with Crippen LogP contribution in [0.4, 0.5) is 0 Å². The Balaban J connectivity index is 1.35. The summed E-state index contributed by atoms with van der Waals surface area (Å²) in [4.78, 5) is 17.2. The van der Waals surface area contributed by atoms with Crippen LogP contribution in [-0.4, -0.2) is 55.8 Å². The van der Waals surface area contributed by atoms with E-state index in [2.05, 4.69) is 19.7 Å². The normalized spacial score (nSPS) is 20.0. The standard InChI is InChI=1S/C22H25N5O3S2/c1-14-11-19(15(2)26(14)18-7-10-32(29,30)13-18)20(28)12-31-22-25-24-21(27(22)17-3-4-17)16-5-8-23-9-6-16/h5-6,8-9,11,17-18H,3-4,7,10,12-13H2,1-2H3/t18-/m1/s1. The van der Waals surface area contributed by atoms with Gasteiger partial charge in [0, 0.05) is 47.0 Å². The molecule has 8 nitrogen and oxygen atoms in total. The molecule has 1 atom stereocenters. The summed E-state index contributed by atoms with van der Waals surface area (Å²) in [7, 11) is -2.99. The highest BCUT2D eigenvalue weighted by molar-refractivity contribution is 7.99. The maximum absolute atomic E-state index is 13.1. The maximum atomic E-state index is 13.1. The molecule has 3 aromatic heterocycles. The van der Waals surface area contributed by atoms with Crippen LogP contribution in [0, 0.1) is 13.8 Å². The Morgan fingerprint density at radius 2 is 1.84 bits per heavy atom. The summed E-state index contributed by atoms with van der Waals surface area (Å²) >= 11 is 1.41. The monoisotopic (exact) mass is 471 g/mol. The zero-order valence-electron chi connectivity index (χ0n) is 18.1. The molecule has 1 aliphatic heterocycles.